The van der Waals surface area contributed by atoms with Gasteiger partial charge >= 0.3 is 5.97 Å². The van der Waals surface area contributed by atoms with Crippen molar-refractivity contribution >= 4 is 34.2 Å². The molecule has 1 heterocycles. The highest BCUT2D eigenvalue weighted by Crippen LogP contribution is 2.19. The first kappa shape index (κ1) is 23.4. The Kier molecular flexibility index (Phi) is 6.75. The number of esters is 1. The van der Waals surface area contributed by atoms with E-state index < -0.39 is 59.1 Å². The summed E-state index contributed by atoms with van der Waals surface area (Å²) >= 11 is 0. The summed E-state index contributed by atoms with van der Waals surface area (Å²) in [5.41, 5.74) is -1.21. The van der Waals surface area contributed by atoms with Crippen LogP contribution in [0.1, 0.15) is 17.4 Å². The second kappa shape index (κ2) is 9.51. The van der Waals surface area contributed by atoms with Gasteiger partial charge in [0.2, 0.25) is 5.91 Å². The first-order valence-electron chi connectivity index (χ1n) is 9.48. The fourth-order valence-electron chi connectivity index (χ4n) is 2.85. The molecule has 1 unspecified atom stereocenters. The third kappa shape index (κ3) is 5.00. The number of amides is 2. The van der Waals surface area contributed by atoms with Crippen LogP contribution >= 0.6 is 0 Å². The summed E-state index contributed by atoms with van der Waals surface area (Å²) in [4.78, 5) is 48.8. The number of hydrogen-bond donors (Lipinski definition) is 2. The SMILES string of the molecule is CC(OC(=O)c1nn(C)c(=O)c2ccccc12)C(=O)NCC(=O)Nc1ccc(F)c(F)c1F. The van der Waals surface area contributed by atoms with Gasteiger partial charge in [0.1, 0.15) is 0 Å². The fourth-order valence-corrected chi connectivity index (χ4v) is 2.85. The van der Waals surface area contributed by atoms with Crippen molar-refractivity contribution in [1.82, 2.24) is 15.1 Å². The molecule has 33 heavy (non-hydrogen) atoms. The highest BCUT2D eigenvalue weighted by atomic mass is 19.2. The molecule has 12 heteroatoms. The zero-order chi connectivity index (χ0) is 24.3. The lowest BCUT2D eigenvalue weighted by atomic mass is 10.1. The smallest absolute Gasteiger partial charge is 0.360 e. The van der Waals surface area contributed by atoms with E-state index in [0.29, 0.717) is 6.07 Å². The second-order valence-electron chi connectivity index (χ2n) is 6.86. The first-order chi connectivity index (χ1) is 15.6. The molecule has 3 rings (SSSR count). The summed E-state index contributed by atoms with van der Waals surface area (Å²) in [5.74, 6) is -7.53. The van der Waals surface area contributed by atoms with Gasteiger partial charge in [-0.1, -0.05) is 18.2 Å². The second-order valence-corrected chi connectivity index (χ2v) is 6.86. The van der Waals surface area contributed by atoms with Crippen LogP contribution in [0.5, 0.6) is 0 Å². The quantitative estimate of drug-likeness (QED) is 0.425. The van der Waals surface area contributed by atoms with Crippen LogP contribution in [-0.2, 0) is 21.4 Å². The Morgan fingerprint density at radius 3 is 2.42 bits per heavy atom. The van der Waals surface area contributed by atoms with E-state index in [9.17, 15) is 32.3 Å². The molecule has 0 bridgehead atoms. The summed E-state index contributed by atoms with van der Waals surface area (Å²) in [7, 11) is 1.36. The number of carbonyl (C=O) groups is 3. The van der Waals surface area contributed by atoms with Crippen LogP contribution in [0, 0.1) is 17.5 Å². The van der Waals surface area contributed by atoms with Gasteiger partial charge in [-0.15, -0.1) is 0 Å². The third-order valence-corrected chi connectivity index (χ3v) is 4.54. The van der Waals surface area contributed by atoms with Crippen LogP contribution in [0.15, 0.2) is 41.2 Å². The average molecular weight is 462 g/mol. The minimum atomic E-state index is -1.75. The number of rotatable bonds is 6. The van der Waals surface area contributed by atoms with Crippen molar-refractivity contribution in [2.75, 3.05) is 11.9 Å². The number of ether oxygens (including phenoxy) is 1. The molecule has 0 aliphatic carbocycles. The molecule has 0 aliphatic rings. The van der Waals surface area contributed by atoms with Crippen molar-refractivity contribution < 1.29 is 32.3 Å². The molecular weight excluding hydrogens is 445 g/mol. The lowest BCUT2D eigenvalue weighted by Gasteiger charge is -2.14. The molecule has 1 aromatic heterocycles. The van der Waals surface area contributed by atoms with E-state index in [-0.39, 0.29) is 16.5 Å². The summed E-state index contributed by atoms with van der Waals surface area (Å²) < 4.78 is 45.8. The van der Waals surface area contributed by atoms with Crippen molar-refractivity contribution in [3.63, 3.8) is 0 Å². The molecule has 1 atom stereocenters. The van der Waals surface area contributed by atoms with Gasteiger partial charge in [-0.25, -0.2) is 22.6 Å². The molecule has 0 saturated carbocycles. The monoisotopic (exact) mass is 462 g/mol. The normalized spacial score (nSPS) is 11.7. The third-order valence-electron chi connectivity index (χ3n) is 4.54. The van der Waals surface area contributed by atoms with Gasteiger partial charge < -0.3 is 15.4 Å². The minimum Gasteiger partial charge on any atom is -0.448 e. The fraction of sp³-hybridized carbons (Fsp3) is 0.190. The lowest BCUT2D eigenvalue weighted by molar-refractivity contribution is -0.130. The Morgan fingerprint density at radius 2 is 1.73 bits per heavy atom. The van der Waals surface area contributed by atoms with Crippen LogP contribution in [0.25, 0.3) is 10.8 Å². The van der Waals surface area contributed by atoms with Gasteiger partial charge in [-0.3, -0.25) is 14.4 Å². The summed E-state index contributed by atoms with van der Waals surface area (Å²) in [5, 5.41) is 8.53. The van der Waals surface area contributed by atoms with E-state index in [1.165, 1.54) is 26.1 Å². The predicted molar refractivity (Wildman–Crippen MR) is 110 cm³/mol. The molecule has 2 amide bonds. The van der Waals surface area contributed by atoms with Gasteiger partial charge in [0.05, 0.1) is 17.6 Å². The maximum Gasteiger partial charge on any atom is 0.360 e. The summed E-state index contributed by atoms with van der Waals surface area (Å²) in [6, 6.07) is 7.69. The number of benzene rings is 2. The molecule has 2 N–H and O–H groups in total. The number of fused-ring (bicyclic) bond motifs is 1. The van der Waals surface area contributed by atoms with E-state index in [1.807, 2.05) is 5.32 Å². The molecule has 3 aromatic rings. The van der Waals surface area contributed by atoms with Gasteiger partial charge in [-0.05, 0) is 25.1 Å². The van der Waals surface area contributed by atoms with Gasteiger partial charge in [-0.2, -0.15) is 5.10 Å². The van der Waals surface area contributed by atoms with Gasteiger partial charge in [0, 0.05) is 12.4 Å². The molecule has 172 valence electrons. The van der Waals surface area contributed by atoms with E-state index in [2.05, 4.69) is 10.4 Å². The number of hydrogen-bond acceptors (Lipinski definition) is 6. The average Bonchev–Trinajstić information content (AvgIpc) is 2.80. The molecule has 9 nitrogen and oxygen atoms in total. The lowest BCUT2D eigenvalue weighted by Crippen LogP contribution is -2.40. The number of carbonyl (C=O) groups excluding carboxylic acids is 3. The van der Waals surface area contributed by atoms with Crippen LogP contribution in [0.2, 0.25) is 0 Å². The van der Waals surface area contributed by atoms with Crippen molar-refractivity contribution in [3.8, 4) is 0 Å². The van der Waals surface area contributed by atoms with Crippen molar-refractivity contribution in [2.24, 2.45) is 7.05 Å². The van der Waals surface area contributed by atoms with Crippen LogP contribution in [-0.4, -0.2) is 40.2 Å². The molecular formula is C21H17F3N4O5. The maximum atomic E-state index is 13.6. The molecule has 0 radical (unpaired) electrons. The zero-order valence-electron chi connectivity index (χ0n) is 17.3. The highest BCUT2D eigenvalue weighted by molar-refractivity contribution is 6.03. The largest absolute Gasteiger partial charge is 0.448 e. The molecule has 0 spiro atoms. The number of aromatic nitrogens is 2. The van der Waals surface area contributed by atoms with E-state index in [1.54, 1.807) is 12.1 Å². The number of aryl methyl sites for hydroxylation is 1. The maximum absolute atomic E-state index is 13.6. The topological polar surface area (TPSA) is 119 Å². The van der Waals surface area contributed by atoms with E-state index >= 15 is 0 Å². The first-order valence-corrected chi connectivity index (χ1v) is 9.48. The number of nitrogens with zero attached hydrogens (tertiary/aromatic N) is 2. The van der Waals surface area contributed by atoms with Crippen molar-refractivity contribution in [3.05, 3.63) is 69.9 Å². The van der Waals surface area contributed by atoms with E-state index in [4.69, 9.17) is 4.74 Å². The van der Waals surface area contributed by atoms with Crippen LogP contribution in [0.4, 0.5) is 18.9 Å². The Bertz CT molecular complexity index is 1330. The Morgan fingerprint density at radius 1 is 1.06 bits per heavy atom. The van der Waals surface area contributed by atoms with Crippen molar-refractivity contribution in [1.29, 1.82) is 0 Å². The minimum absolute atomic E-state index is 0.182. The van der Waals surface area contributed by atoms with Crippen LogP contribution < -0.4 is 16.2 Å². The summed E-state index contributed by atoms with van der Waals surface area (Å²) in [6.07, 6.45) is -1.36. The predicted octanol–water partition coefficient (Wildman–Crippen LogP) is 1.65. The van der Waals surface area contributed by atoms with Gasteiger partial charge in [0.25, 0.3) is 11.5 Å². The Labute approximate surface area is 184 Å². The molecule has 2 aromatic carbocycles. The molecule has 0 saturated heterocycles. The summed E-state index contributed by atoms with van der Waals surface area (Å²) in [6.45, 7) is 0.574. The number of nitrogens with one attached hydrogen (secondary N) is 2. The Hall–Kier alpha value is -4.22. The van der Waals surface area contributed by atoms with Crippen LogP contribution in [0.3, 0.4) is 0 Å². The zero-order valence-corrected chi connectivity index (χ0v) is 17.3. The van der Waals surface area contributed by atoms with Gasteiger partial charge in [0.15, 0.2) is 29.2 Å². The van der Waals surface area contributed by atoms with E-state index in [0.717, 1.165) is 10.7 Å². The standard InChI is InChI=1S/C21H17F3N4O5/c1-10(19(30)25-9-15(29)26-14-8-7-13(22)16(23)17(14)24)33-21(32)18-11-5-3-4-6-12(11)20(31)28(2)27-18/h3-8,10H,9H2,1-2H3,(H,25,30)(H,26,29). The van der Waals surface area contributed by atoms with Crippen molar-refractivity contribution in [2.45, 2.75) is 13.0 Å². The number of anilines is 1. The number of halogens is 3. The highest BCUT2D eigenvalue weighted by Gasteiger charge is 2.23. The Balaban J connectivity index is 1.62. The molecule has 0 aliphatic heterocycles. The molecule has 0 fully saturated rings.